The molecule has 0 radical (unpaired) electrons. The Bertz CT molecular complexity index is 905. The molecule has 4 rings (SSSR count). The fraction of sp³-hybridized carbons (Fsp3) is 0.444. The molecule has 162 valence electrons. The van der Waals surface area contributed by atoms with Gasteiger partial charge in [0.15, 0.2) is 0 Å². The van der Waals surface area contributed by atoms with Gasteiger partial charge in [-0.1, -0.05) is 54.6 Å². The van der Waals surface area contributed by atoms with Gasteiger partial charge in [-0.15, -0.1) is 0 Å². The van der Waals surface area contributed by atoms with Crippen LogP contribution in [-0.2, 0) is 12.8 Å². The van der Waals surface area contributed by atoms with Crippen LogP contribution in [0.3, 0.4) is 0 Å². The first-order valence-corrected chi connectivity index (χ1v) is 11.6. The monoisotopic (exact) mass is 414 g/mol. The molecule has 2 aliphatic rings. The first-order chi connectivity index (χ1) is 15.2. The number of nitrogens with zero attached hydrogens (tertiary/aromatic N) is 2. The minimum Gasteiger partial charge on any atom is -0.372 e. The molecular formula is C27H34N4. The minimum absolute atomic E-state index is 0.470. The van der Waals surface area contributed by atoms with E-state index in [0.717, 1.165) is 38.4 Å². The van der Waals surface area contributed by atoms with Gasteiger partial charge >= 0.3 is 0 Å². The normalized spacial score (nSPS) is 21.3. The van der Waals surface area contributed by atoms with Crippen LogP contribution >= 0.6 is 0 Å². The molecular weight excluding hydrogens is 380 g/mol. The molecule has 2 aromatic carbocycles. The Morgan fingerprint density at radius 3 is 2.32 bits per heavy atom. The third-order valence-electron chi connectivity index (χ3n) is 6.83. The van der Waals surface area contributed by atoms with E-state index in [1.165, 1.54) is 47.3 Å². The van der Waals surface area contributed by atoms with Gasteiger partial charge in [0, 0.05) is 19.6 Å². The van der Waals surface area contributed by atoms with Gasteiger partial charge in [0.2, 0.25) is 0 Å². The highest BCUT2D eigenvalue weighted by molar-refractivity contribution is 5.32. The number of hydrogen-bond acceptors (Lipinski definition) is 4. The number of benzene rings is 2. The van der Waals surface area contributed by atoms with Gasteiger partial charge in [-0.25, -0.2) is 0 Å². The topological polar surface area (TPSA) is 51.1 Å². The predicted octanol–water partition coefficient (Wildman–Crippen LogP) is 4.24. The smallest absolute Gasteiger partial charge is 0.102 e. The maximum absolute atomic E-state index is 9.52. The lowest BCUT2D eigenvalue weighted by Gasteiger charge is -2.44. The quantitative estimate of drug-likeness (QED) is 0.742. The Hall–Kier alpha value is -2.77. The lowest BCUT2D eigenvalue weighted by Crippen LogP contribution is -2.50. The second-order valence-corrected chi connectivity index (χ2v) is 8.92. The van der Waals surface area contributed by atoms with Crippen molar-refractivity contribution < 1.29 is 0 Å². The van der Waals surface area contributed by atoms with Gasteiger partial charge in [-0.2, -0.15) is 5.26 Å². The third-order valence-corrected chi connectivity index (χ3v) is 6.83. The van der Waals surface area contributed by atoms with Crippen molar-refractivity contribution in [2.45, 2.75) is 44.6 Å². The summed E-state index contributed by atoms with van der Waals surface area (Å²) >= 11 is 0. The zero-order valence-electron chi connectivity index (χ0n) is 18.6. The first kappa shape index (κ1) is 21.5. The van der Waals surface area contributed by atoms with Crippen LogP contribution in [0.15, 0.2) is 66.0 Å². The Labute approximate surface area is 187 Å². The molecule has 0 spiro atoms. The molecule has 0 amide bonds. The van der Waals surface area contributed by atoms with E-state index in [9.17, 15) is 5.26 Å². The van der Waals surface area contributed by atoms with E-state index in [1.807, 2.05) is 0 Å². The van der Waals surface area contributed by atoms with Crippen molar-refractivity contribution in [2.75, 3.05) is 26.7 Å². The summed E-state index contributed by atoms with van der Waals surface area (Å²) in [6, 6.07) is 22.5. The maximum atomic E-state index is 9.52. The van der Waals surface area contributed by atoms with E-state index in [2.05, 4.69) is 83.2 Å². The van der Waals surface area contributed by atoms with E-state index in [4.69, 9.17) is 0 Å². The molecule has 0 bridgehead atoms. The van der Waals surface area contributed by atoms with Gasteiger partial charge in [-0.3, -0.25) is 0 Å². The van der Waals surface area contributed by atoms with Crippen LogP contribution in [0, 0.1) is 17.2 Å². The van der Waals surface area contributed by atoms with E-state index < -0.39 is 0 Å². The molecule has 4 nitrogen and oxygen atoms in total. The summed E-state index contributed by atoms with van der Waals surface area (Å²) < 4.78 is 0. The van der Waals surface area contributed by atoms with Crippen LogP contribution in [-0.4, -0.2) is 37.6 Å². The van der Waals surface area contributed by atoms with Crippen molar-refractivity contribution in [3.63, 3.8) is 0 Å². The summed E-state index contributed by atoms with van der Waals surface area (Å²) in [5, 5.41) is 16.6. The highest BCUT2D eigenvalue weighted by Gasteiger charge is 2.31. The summed E-state index contributed by atoms with van der Waals surface area (Å²) in [5.74, 6) is 1.92. The lowest BCUT2D eigenvalue weighted by atomic mass is 9.86. The van der Waals surface area contributed by atoms with Crippen molar-refractivity contribution in [3.05, 3.63) is 82.7 Å². The molecule has 31 heavy (non-hydrogen) atoms. The molecule has 0 aromatic heterocycles. The highest BCUT2D eigenvalue weighted by Crippen LogP contribution is 2.29. The Kier molecular flexibility index (Phi) is 7.27. The average Bonchev–Trinajstić information content (AvgIpc) is 2.81. The van der Waals surface area contributed by atoms with Crippen molar-refractivity contribution in [3.8, 4) is 6.07 Å². The van der Waals surface area contributed by atoms with Crippen LogP contribution in [0.4, 0.5) is 0 Å². The predicted molar refractivity (Wildman–Crippen MR) is 126 cm³/mol. The molecule has 1 unspecified atom stereocenters. The first-order valence-electron chi connectivity index (χ1n) is 11.6. The zero-order chi connectivity index (χ0) is 21.5. The van der Waals surface area contributed by atoms with Gasteiger partial charge < -0.3 is 15.5 Å². The van der Waals surface area contributed by atoms with E-state index in [0.29, 0.717) is 12.5 Å². The van der Waals surface area contributed by atoms with Crippen molar-refractivity contribution >= 4 is 0 Å². The van der Waals surface area contributed by atoms with E-state index in [1.54, 1.807) is 0 Å². The highest BCUT2D eigenvalue weighted by atomic mass is 15.3. The Morgan fingerprint density at radius 1 is 0.935 bits per heavy atom. The molecule has 2 fully saturated rings. The standard InChI is InChI=1S/C27H34N4/c1-31-26(24-12-16-29-17-13-24)14-18-30-27(31)25(11-15-28)20-23-9-7-22(8-10-23)19-21-5-3-2-4-6-21/h2-10,24,26,29-30H,11-14,16-20H2,1H3/b27-25-. The summed E-state index contributed by atoms with van der Waals surface area (Å²) in [6.07, 6.45) is 5.92. The fourth-order valence-electron chi connectivity index (χ4n) is 5.16. The molecule has 2 aliphatic heterocycles. The maximum Gasteiger partial charge on any atom is 0.102 e. The zero-order valence-corrected chi connectivity index (χ0v) is 18.6. The van der Waals surface area contributed by atoms with Gasteiger partial charge in [0.25, 0.3) is 0 Å². The molecule has 2 heterocycles. The molecule has 0 aliphatic carbocycles. The van der Waals surface area contributed by atoms with Crippen LogP contribution in [0.25, 0.3) is 0 Å². The lowest BCUT2D eigenvalue weighted by molar-refractivity contribution is 0.140. The SMILES string of the molecule is CN1/C(=C(/CC#N)Cc2ccc(Cc3ccccc3)cc2)NCCC1C1CCNCC1. The van der Waals surface area contributed by atoms with E-state index >= 15 is 0 Å². The Morgan fingerprint density at radius 2 is 1.61 bits per heavy atom. The van der Waals surface area contributed by atoms with Gasteiger partial charge in [-0.05, 0) is 73.4 Å². The number of piperidine rings is 1. The van der Waals surface area contributed by atoms with E-state index in [-0.39, 0.29) is 0 Å². The number of rotatable bonds is 6. The van der Waals surface area contributed by atoms with Crippen molar-refractivity contribution in [1.29, 1.82) is 5.26 Å². The van der Waals surface area contributed by atoms with Gasteiger partial charge in [0.1, 0.15) is 5.82 Å². The van der Waals surface area contributed by atoms with Crippen LogP contribution in [0.5, 0.6) is 0 Å². The van der Waals surface area contributed by atoms with Crippen molar-refractivity contribution in [1.82, 2.24) is 15.5 Å². The third kappa shape index (κ3) is 5.48. The number of allylic oxidation sites excluding steroid dienone is 1. The van der Waals surface area contributed by atoms with Crippen LogP contribution in [0.2, 0.25) is 0 Å². The molecule has 2 saturated heterocycles. The number of nitriles is 1. The second-order valence-electron chi connectivity index (χ2n) is 8.92. The fourth-order valence-corrected chi connectivity index (χ4v) is 5.16. The second kappa shape index (κ2) is 10.5. The van der Waals surface area contributed by atoms with Crippen LogP contribution in [0.1, 0.15) is 42.4 Å². The summed E-state index contributed by atoms with van der Waals surface area (Å²) in [7, 11) is 2.22. The Balaban J connectivity index is 1.48. The van der Waals surface area contributed by atoms with Crippen molar-refractivity contribution in [2.24, 2.45) is 5.92 Å². The molecule has 2 N–H and O–H groups in total. The number of hydrogen-bond donors (Lipinski definition) is 2. The average molecular weight is 415 g/mol. The van der Waals surface area contributed by atoms with Crippen LogP contribution < -0.4 is 10.6 Å². The molecule has 4 heteroatoms. The summed E-state index contributed by atoms with van der Waals surface area (Å²) in [6.45, 7) is 3.25. The number of nitrogens with one attached hydrogen (secondary N) is 2. The molecule has 1 atom stereocenters. The molecule has 2 aromatic rings. The molecule has 0 saturated carbocycles. The van der Waals surface area contributed by atoms with Gasteiger partial charge in [0.05, 0.1) is 12.5 Å². The summed E-state index contributed by atoms with van der Waals surface area (Å²) in [5.41, 5.74) is 5.14. The minimum atomic E-state index is 0.470. The summed E-state index contributed by atoms with van der Waals surface area (Å²) in [4.78, 5) is 2.44. The largest absolute Gasteiger partial charge is 0.372 e.